The molecule has 0 atom stereocenters. The summed E-state index contributed by atoms with van der Waals surface area (Å²) in [6.07, 6.45) is 0. The minimum Gasteiger partial charge on any atom is -0.495 e. The first-order valence-corrected chi connectivity index (χ1v) is 5.54. The van der Waals surface area contributed by atoms with Crippen LogP contribution < -0.4 is 15.2 Å². The lowest BCUT2D eigenvalue weighted by molar-refractivity contribution is 0.415. The van der Waals surface area contributed by atoms with Gasteiger partial charge in [0.25, 0.3) is 0 Å². The molecule has 0 radical (unpaired) electrons. The highest BCUT2D eigenvalue weighted by Crippen LogP contribution is 2.30. The van der Waals surface area contributed by atoms with Gasteiger partial charge in [-0.1, -0.05) is 11.6 Å². The van der Waals surface area contributed by atoms with Crippen LogP contribution in [0.4, 0.5) is 10.1 Å². The minimum absolute atomic E-state index is 0.0524. The molecule has 0 saturated heterocycles. The lowest BCUT2D eigenvalue weighted by Crippen LogP contribution is -1.93. The second kappa shape index (κ2) is 5.14. The van der Waals surface area contributed by atoms with Gasteiger partial charge >= 0.3 is 0 Å². The van der Waals surface area contributed by atoms with E-state index in [2.05, 4.69) is 0 Å². The first kappa shape index (κ1) is 12.5. The van der Waals surface area contributed by atoms with Crippen molar-refractivity contribution in [2.45, 2.75) is 0 Å². The molecule has 2 aromatic rings. The van der Waals surface area contributed by atoms with E-state index < -0.39 is 5.82 Å². The number of rotatable bonds is 3. The molecule has 0 spiro atoms. The molecular formula is C13H11ClFNO2. The average molecular weight is 268 g/mol. The molecule has 0 amide bonds. The number of nitrogen functional groups attached to an aromatic ring is 1. The van der Waals surface area contributed by atoms with Crippen molar-refractivity contribution in [1.29, 1.82) is 0 Å². The van der Waals surface area contributed by atoms with Crippen molar-refractivity contribution in [2.24, 2.45) is 0 Å². The van der Waals surface area contributed by atoms with Crippen molar-refractivity contribution in [3.63, 3.8) is 0 Å². The Labute approximate surface area is 109 Å². The molecule has 2 N–H and O–H groups in total. The van der Waals surface area contributed by atoms with E-state index in [-0.39, 0.29) is 5.02 Å². The maximum absolute atomic E-state index is 13.2. The van der Waals surface area contributed by atoms with Gasteiger partial charge in [-0.05, 0) is 24.3 Å². The normalized spacial score (nSPS) is 10.2. The molecule has 0 unspecified atom stereocenters. The van der Waals surface area contributed by atoms with E-state index in [1.54, 1.807) is 24.3 Å². The predicted octanol–water partition coefficient (Wildman–Crippen LogP) is 3.86. The molecule has 0 heterocycles. The smallest absolute Gasteiger partial charge is 0.145 e. The zero-order chi connectivity index (χ0) is 13.1. The number of hydrogen-bond acceptors (Lipinski definition) is 3. The van der Waals surface area contributed by atoms with E-state index in [9.17, 15) is 4.39 Å². The Morgan fingerprint density at radius 3 is 2.39 bits per heavy atom. The Kier molecular flexibility index (Phi) is 3.58. The summed E-state index contributed by atoms with van der Waals surface area (Å²) in [4.78, 5) is 0. The fourth-order valence-corrected chi connectivity index (χ4v) is 1.57. The van der Waals surface area contributed by atoms with Crippen molar-refractivity contribution < 1.29 is 13.9 Å². The first-order valence-electron chi connectivity index (χ1n) is 5.16. The highest BCUT2D eigenvalue weighted by atomic mass is 35.5. The Bertz CT molecular complexity index is 575. The van der Waals surface area contributed by atoms with Gasteiger partial charge in [0, 0.05) is 12.1 Å². The van der Waals surface area contributed by atoms with Gasteiger partial charge in [-0.2, -0.15) is 0 Å². The minimum atomic E-state index is -0.532. The fourth-order valence-electron chi connectivity index (χ4n) is 1.45. The summed E-state index contributed by atoms with van der Waals surface area (Å²) in [6, 6.07) is 9.18. The van der Waals surface area contributed by atoms with Gasteiger partial charge in [-0.3, -0.25) is 0 Å². The Hall–Kier alpha value is -1.94. The average Bonchev–Trinajstić information content (AvgIpc) is 2.34. The quantitative estimate of drug-likeness (QED) is 0.859. The van der Waals surface area contributed by atoms with Crippen molar-refractivity contribution >= 4 is 17.3 Å². The van der Waals surface area contributed by atoms with E-state index >= 15 is 0 Å². The number of benzene rings is 2. The number of hydrogen-bond donors (Lipinski definition) is 1. The molecule has 2 rings (SSSR count). The highest BCUT2D eigenvalue weighted by molar-refractivity contribution is 6.30. The molecule has 0 fully saturated rings. The van der Waals surface area contributed by atoms with Crippen LogP contribution in [0.2, 0.25) is 5.02 Å². The summed E-state index contributed by atoms with van der Waals surface area (Å²) >= 11 is 5.58. The molecule has 0 aliphatic heterocycles. The van der Waals surface area contributed by atoms with Crippen LogP contribution in [0.15, 0.2) is 36.4 Å². The summed E-state index contributed by atoms with van der Waals surface area (Å²) in [5.41, 5.74) is 6.19. The lowest BCUT2D eigenvalue weighted by Gasteiger charge is -2.09. The monoisotopic (exact) mass is 267 g/mol. The molecular weight excluding hydrogens is 257 g/mol. The van der Waals surface area contributed by atoms with Crippen LogP contribution in [0.3, 0.4) is 0 Å². The first-order chi connectivity index (χ1) is 8.60. The van der Waals surface area contributed by atoms with Crippen molar-refractivity contribution in [3.8, 4) is 17.2 Å². The van der Waals surface area contributed by atoms with Crippen molar-refractivity contribution in [3.05, 3.63) is 47.2 Å². The van der Waals surface area contributed by atoms with Crippen LogP contribution in [0.1, 0.15) is 0 Å². The second-order valence-electron chi connectivity index (χ2n) is 3.58. The lowest BCUT2D eigenvalue weighted by atomic mass is 10.2. The highest BCUT2D eigenvalue weighted by Gasteiger charge is 2.05. The Morgan fingerprint density at radius 2 is 1.78 bits per heavy atom. The molecule has 0 saturated carbocycles. The standard InChI is InChI=1S/C13H11ClFNO2/c1-17-13-5-3-9(7-12(13)16)18-8-2-4-10(14)11(15)6-8/h2-7H,16H2,1H3. The van der Waals surface area contributed by atoms with Gasteiger partial charge in [0.15, 0.2) is 0 Å². The largest absolute Gasteiger partial charge is 0.495 e. The van der Waals surface area contributed by atoms with Crippen LogP contribution >= 0.6 is 11.6 Å². The zero-order valence-electron chi connectivity index (χ0n) is 9.61. The van der Waals surface area contributed by atoms with Crippen LogP contribution in [0.5, 0.6) is 17.2 Å². The summed E-state index contributed by atoms with van der Waals surface area (Å²) < 4.78 is 23.7. The Morgan fingerprint density at radius 1 is 1.11 bits per heavy atom. The molecule has 18 heavy (non-hydrogen) atoms. The summed E-state index contributed by atoms with van der Waals surface area (Å²) in [7, 11) is 1.53. The topological polar surface area (TPSA) is 44.5 Å². The third-order valence-corrected chi connectivity index (χ3v) is 2.63. The van der Waals surface area contributed by atoms with Crippen LogP contribution in [0.25, 0.3) is 0 Å². The Balaban J connectivity index is 2.23. The number of nitrogens with two attached hydrogens (primary N) is 1. The van der Waals surface area contributed by atoms with Crippen molar-refractivity contribution in [1.82, 2.24) is 0 Å². The molecule has 5 heteroatoms. The van der Waals surface area contributed by atoms with Gasteiger partial charge in [-0.15, -0.1) is 0 Å². The van der Waals surface area contributed by atoms with Gasteiger partial charge in [0.05, 0.1) is 17.8 Å². The van der Waals surface area contributed by atoms with Crippen LogP contribution in [0, 0.1) is 5.82 Å². The number of halogens is 2. The third-order valence-electron chi connectivity index (χ3n) is 2.33. The van der Waals surface area contributed by atoms with E-state index in [1.165, 1.54) is 19.2 Å². The number of ether oxygens (including phenoxy) is 2. The summed E-state index contributed by atoms with van der Waals surface area (Å²) in [6.45, 7) is 0. The fraction of sp³-hybridized carbons (Fsp3) is 0.0769. The van der Waals surface area contributed by atoms with Crippen LogP contribution in [-0.2, 0) is 0 Å². The van der Waals surface area contributed by atoms with E-state index in [4.69, 9.17) is 26.8 Å². The SMILES string of the molecule is COc1ccc(Oc2ccc(Cl)c(F)c2)cc1N. The molecule has 0 aliphatic carbocycles. The summed E-state index contributed by atoms with van der Waals surface area (Å²) in [5, 5.41) is 0.0524. The van der Waals surface area contributed by atoms with Gasteiger partial charge < -0.3 is 15.2 Å². The second-order valence-corrected chi connectivity index (χ2v) is 3.99. The van der Waals surface area contributed by atoms with E-state index in [1.807, 2.05) is 0 Å². The molecule has 0 bridgehead atoms. The molecule has 0 aliphatic rings. The van der Waals surface area contributed by atoms with E-state index in [0.717, 1.165) is 0 Å². The number of methoxy groups -OCH3 is 1. The van der Waals surface area contributed by atoms with Gasteiger partial charge in [0.2, 0.25) is 0 Å². The zero-order valence-corrected chi connectivity index (χ0v) is 10.4. The molecule has 94 valence electrons. The van der Waals surface area contributed by atoms with E-state index in [0.29, 0.717) is 22.9 Å². The van der Waals surface area contributed by atoms with Gasteiger partial charge in [0.1, 0.15) is 23.1 Å². The maximum Gasteiger partial charge on any atom is 0.145 e. The summed E-state index contributed by atoms with van der Waals surface area (Å²) in [5.74, 6) is 0.872. The third kappa shape index (κ3) is 2.65. The molecule has 3 nitrogen and oxygen atoms in total. The number of anilines is 1. The van der Waals surface area contributed by atoms with Gasteiger partial charge in [-0.25, -0.2) is 4.39 Å². The van der Waals surface area contributed by atoms with Crippen LogP contribution in [-0.4, -0.2) is 7.11 Å². The molecule has 2 aromatic carbocycles. The molecule has 0 aromatic heterocycles. The predicted molar refractivity (Wildman–Crippen MR) is 68.9 cm³/mol. The maximum atomic E-state index is 13.2. The van der Waals surface area contributed by atoms with Crippen molar-refractivity contribution in [2.75, 3.05) is 12.8 Å².